The van der Waals surface area contributed by atoms with Crippen LogP contribution in [0.15, 0.2) is 42.5 Å². The summed E-state index contributed by atoms with van der Waals surface area (Å²) < 4.78 is 24.8. The fourth-order valence-corrected chi connectivity index (χ4v) is 4.33. The minimum Gasteiger partial charge on any atom is -0.493 e. The third-order valence-electron chi connectivity index (χ3n) is 4.73. The molecule has 1 aliphatic rings. The molecule has 0 unspecified atom stereocenters. The molecule has 0 radical (unpaired) electrons. The van der Waals surface area contributed by atoms with Gasteiger partial charge in [0.15, 0.2) is 16.6 Å². The molecule has 29 heavy (non-hydrogen) atoms. The predicted octanol–water partition coefficient (Wildman–Crippen LogP) is 4.39. The molecule has 1 atom stereocenters. The number of carbonyl (C=O) groups excluding carboxylic acids is 1. The van der Waals surface area contributed by atoms with Crippen molar-refractivity contribution in [3.8, 4) is 11.5 Å². The van der Waals surface area contributed by atoms with Gasteiger partial charge in [-0.15, -0.1) is 0 Å². The molecule has 0 aliphatic carbocycles. The average molecular weight is 413 g/mol. The van der Waals surface area contributed by atoms with Crippen molar-refractivity contribution in [2.45, 2.75) is 18.9 Å². The summed E-state index contributed by atoms with van der Waals surface area (Å²) in [5.41, 5.74) is 1.69. The molecule has 3 aromatic rings. The zero-order valence-electron chi connectivity index (χ0n) is 16.0. The van der Waals surface area contributed by atoms with Gasteiger partial charge in [-0.05, 0) is 23.8 Å². The molecular formula is C21H20FN3O3S. The molecule has 150 valence electrons. The monoisotopic (exact) mass is 413 g/mol. The molecule has 1 aliphatic heterocycles. The number of nitrogens with one attached hydrogen (secondary N) is 2. The first-order valence-corrected chi connectivity index (χ1v) is 9.93. The Hall–Kier alpha value is -3.13. The molecule has 1 amide bonds. The zero-order chi connectivity index (χ0) is 20.4. The van der Waals surface area contributed by atoms with Crippen LogP contribution in [-0.4, -0.2) is 25.0 Å². The van der Waals surface area contributed by atoms with Crippen molar-refractivity contribution in [2.24, 2.45) is 0 Å². The van der Waals surface area contributed by atoms with Crippen LogP contribution < -0.4 is 20.1 Å². The van der Waals surface area contributed by atoms with Gasteiger partial charge in [0.05, 0.1) is 12.0 Å². The van der Waals surface area contributed by atoms with Gasteiger partial charge < -0.3 is 20.1 Å². The minimum absolute atomic E-state index is 0.0947. The fraction of sp³-hybridized carbons (Fsp3) is 0.238. The summed E-state index contributed by atoms with van der Waals surface area (Å²) in [5.74, 6) is 1.14. The number of aromatic nitrogens is 1. The average Bonchev–Trinajstić information content (AvgIpc) is 3.15. The Morgan fingerprint density at radius 1 is 1.28 bits per heavy atom. The Balaban J connectivity index is 1.71. The second-order valence-electron chi connectivity index (χ2n) is 6.58. The lowest BCUT2D eigenvalue weighted by Gasteiger charge is -2.24. The van der Waals surface area contributed by atoms with E-state index < -0.39 is 0 Å². The highest BCUT2D eigenvalue weighted by Crippen LogP contribution is 2.47. The molecule has 2 heterocycles. The van der Waals surface area contributed by atoms with Crippen molar-refractivity contribution in [1.82, 2.24) is 4.98 Å². The van der Waals surface area contributed by atoms with Crippen molar-refractivity contribution < 1.29 is 18.7 Å². The molecule has 4 rings (SSSR count). The number of rotatable bonds is 6. The first-order valence-electron chi connectivity index (χ1n) is 9.11. The Morgan fingerprint density at radius 3 is 2.79 bits per heavy atom. The SMILES string of the molecule is CNc1nc2c(s1)[C@H](c1cccc(OC)c1OCc1ccc(F)cc1)CC(=O)N2. The van der Waals surface area contributed by atoms with E-state index in [9.17, 15) is 9.18 Å². The van der Waals surface area contributed by atoms with Gasteiger partial charge in [-0.1, -0.05) is 35.6 Å². The highest BCUT2D eigenvalue weighted by atomic mass is 32.1. The fourth-order valence-electron chi connectivity index (χ4n) is 3.34. The number of hydrogen-bond acceptors (Lipinski definition) is 6. The number of benzene rings is 2. The smallest absolute Gasteiger partial charge is 0.226 e. The number of thiazole rings is 1. The molecule has 0 bridgehead atoms. The van der Waals surface area contributed by atoms with E-state index in [0.29, 0.717) is 23.7 Å². The number of anilines is 2. The maximum Gasteiger partial charge on any atom is 0.226 e. The Morgan fingerprint density at radius 2 is 2.07 bits per heavy atom. The van der Waals surface area contributed by atoms with Gasteiger partial charge in [-0.2, -0.15) is 0 Å². The lowest BCUT2D eigenvalue weighted by molar-refractivity contribution is -0.116. The van der Waals surface area contributed by atoms with Crippen LogP contribution in [-0.2, 0) is 11.4 Å². The molecule has 0 saturated heterocycles. The molecule has 1 aromatic heterocycles. The third-order valence-corrected chi connectivity index (χ3v) is 5.92. The van der Waals surface area contributed by atoms with Gasteiger partial charge >= 0.3 is 0 Å². The number of carbonyl (C=O) groups is 1. The number of para-hydroxylation sites is 1. The highest BCUT2D eigenvalue weighted by molar-refractivity contribution is 7.16. The summed E-state index contributed by atoms with van der Waals surface area (Å²) in [4.78, 5) is 17.7. The first-order chi connectivity index (χ1) is 14.1. The lowest BCUT2D eigenvalue weighted by atomic mass is 9.90. The summed E-state index contributed by atoms with van der Waals surface area (Å²) in [6.07, 6.45) is 0.290. The van der Waals surface area contributed by atoms with E-state index in [1.165, 1.54) is 23.5 Å². The van der Waals surface area contributed by atoms with E-state index in [1.807, 2.05) is 18.2 Å². The van der Waals surface area contributed by atoms with E-state index >= 15 is 0 Å². The lowest BCUT2D eigenvalue weighted by Crippen LogP contribution is -2.23. The summed E-state index contributed by atoms with van der Waals surface area (Å²) >= 11 is 1.50. The van der Waals surface area contributed by atoms with Crippen LogP contribution in [0.3, 0.4) is 0 Å². The van der Waals surface area contributed by atoms with E-state index in [4.69, 9.17) is 9.47 Å². The van der Waals surface area contributed by atoms with Gasteiger partial charge in [-0.25, -0.2) is 9.37 Å². The van der Waals surface area contributed by atoms with Crippen molar-refractivity contribution in [1.29, 1.82) is 0 Å². The van der Waals surface area contributed by atoms with Crippen molar-refractivity contribution in [3.63, 3.8) is 0 Å². The molecule has 2 aromatic carbocycles. The van der Waals surface area contributed by atoms with Crippen LogP contribution in [0.1, 0.15) is 28.3 Å². The van der Waals surface area contributed by atoms with Gasteiger partial charge in [0.25, 0.3) is 0 Å². The number of hydrogen-bond donors (Lipinski definition) is 2. The topological polar surface area (TPSA) is 72.5 Å². The molecule has 0 fully saturated rings. The number of ether oxygens (including phenoxy) is 2. The van der Waals surface area contributed by atoms with E-state index in [1.54, 1.807) is 26.3 Å². The molecule has 8 heteroatoms. The van der Waals surface area contributed by atoms with Crippen LogP contribution in [0, 0.1) is 5.82 Å². The third kappa shape index (κ3) is 3.88. The summed E-state index contributed by atoms with van der Waals surface area (Å²) in [7, 11) is 3.37. The minimum atomic E-state index is -0.294. The van der Waals surface area contributed by atoms with Gasteiger partial charge in [0.1, 0.15) is 18.2 Å². The number of fused-ring (bicyclic) bond motifs is 1. The van der Waals surface area contributed by atoms with Gasteiger partial charge in [0.2, 0.25) is 5.91 Å². The molecular weight excluding hydrogens is 393 g/mol. The van der Waals surface area contributed by atoms with Crippen LogP contribution in [0.5, 0.6) is 11.5 Å². The Bertz CT molecular complexity index is 1040. The van der Waals surface area contributed by atoms with Crippen LogP contribution in [0.25, 0.3) is 0 Å². The van der Waals surface area contributed by atoms with Crippen molar-refractivity contribution in [2.75, 3.05) is 24.8 Å². The molecule has 2 N–H and O–H groups in total. The zero-order valence-corrected chi connectivity index (χ0v) is 16.8. The highest BCUT2D eigenvalue weighted by Gasteiger charge is 2.33. The summed E-state index contributed by atoms with van der Waals surface area (Å²) in [5, 5.41) is 6.60. The number of methoxy groups -OCH3 is 1. The normalized spacial score (nSPS) is 15.4. The largest absolute Gasteiger partial charge is 0.493 e. The summed E-state index contributed by atoms with van der Waals surface area (Å²) in [6.45, 7) is 0.254. The second-order valence-corrected chi connectivity index (χ2v) is 7.61. The molecule has 0 spiro atoms. The first kappa shape index (κ1) is 19.2. The van der Waals surface area contributed by atoms with E-state index in [-0.39, 0.29) is 24.2 Å². The maximum atomic E-state index is 13.2. The van der Waals surface area contributed by atoms with Crippen molar-refractivity contribution >= 4 is 28.2 Å². The van der Waals surface area contributed by atoms with Crippen LogP contribution >= 0.6 is 11.3 Å². The number of amides is 1. The maximum absolute atomic E-state index is 13.2. The molecule has 6 nitrogen and oxygen atoms in total. The van der Waals surface area contributed by atoms with Gasteiger partial charge in [-0.3, -0.25) is 4.79 Å². The number of halogens is 1. The van der Waals surface area contributed by atoms with E-state index in [0.717, 1.165) is 21.1 Å². The van der Waals surface area contributed by atoms with Crippen LogP contribution in [0.2, 0.25) is 0 Å². The predicted molar refractivity (Wildman–Crippen MR) is 110 cm³/mol. The standard InChI is InChI=1S/C21H20FN3O3S/c1-23-21-25-20-19(29-21)15(10-17(26)24-20)14-4-3-5-16(27-2)18(14)28-11-12-6-8-13(22)9-7-12/h3-9,15H,10-11H2,1-2H3,(H,23,25)(H,24,26)/t15-/m0/s1. The summed E-state index contributed by atoms with van der Waals surface area (Å²) in [6, 6.07) is 11.8. The van der Waals surface area contributed by atoms with E-state index in [2.05, 4.69) is 15.6 Å². The quantitative estimate of drug-likeness (QED) is 0.627. The van der Waals surface area contributed by atoms with Crippen molar-refractivity contribution in [3.05, 3.63) is 64.3 Å². The number of nitrogens with zero attached hydrogens (tertiary/aromatic N) is 1. The van der Waals surface area contributed by atoms with Gasteiger partial charge in [0, 0.05) is 24.9 Å². The molecule has 0 saturated carbocycles. The second kappa shape index (κ2) is 8.08. The Kier molecular flexibility index (Phi) is 5.35. The van der Waals surface area contributed by atoms with Crippen LogP contribution in [0.4, 0.5) is 15.3 Å². The Labute approximate surface area is 171 Å².